The summed E-state index contributed by atoms with van der Waals surface area (Å²) in [6.45, 7) is 0.528. The Labute approximate surface area is 160 Å². The minimum atomic E-state index is -0.315. The van der Waals surface area contributed by atoms with Crippen molar-refractivity contribution in [3.05, 3.63) is 35.4 Å². The summed E-state index contributed by atoms with van der Waals surface area (Å²) in [4.78, 5) is 24.8. The second kappa shape index (κ2) is 7.34. The van der Waals surface area contributed by atoms with E-state index < -0.39 is 0 Å². The monoisotopic (exact) mass is 366 g/mol. The summed E-state index contributed by atoms with van der Waals surface area (Å²) in [6.07, 6.45) is 7.24. The van der Waals surface area contributed by atoms with Crippen molar-refractivity contribution in [3.8, 4) is 6.07 Å². The summed E-state index contributed by atoms with van der Waals surface area (Å²) < 4.78 is 5.26. The third kappa shape index (κ3) is 3.85. The summed E-state index contributed by atoms with van der Waals surface area (Å²) in [5.74, 6) is 2.05. The first-order chi connectivity index (χ1) is 13.1. The van der Waals surface area contributed by atoms with Crippen LogP contribution in [0.4, 0.5) is 0 Å². The fourth-order valence-corrected chi connectivity index (χ4v) is 5.77. The van der Waals surface area contributed by atoms with Crippen molar-refractivity contribution in [3.63, 3.8) is 0 Å². The van der Waals surface area contributed by atoms with Crippen LogP contribution >= 0.6 is 0 Å². The first-order valence-electron chi connectivity index (χ1n) is 9.99. The second-order valence-electron chi connectivity index (χ2n) is 8.67. The van der Waals surface area contributed by atoms with Crippen LogP contribution in [0, 0.1) is 34.5 Å². The molecule has 0 radical (unpaired) electrons. The topological polar surface area (TPSA) is 79.2 Å². The number of hydrogen-bond acceptors (Lipinski definition) is 4. The molecule has 142 valence electrons. The molecule has 4 aliphatic rings. The van der Waals surface area contributed by atoms with Crippen LogP contribution in [0.3, 0.4) is 0 Å². The van der Waals surface area contributed by atoms with Gasteiger partial charge in [0.15, 0.2) is 0 Å². The SMILES string of the molecule is N#Cc1ccc(COC(=O)CCNC(=O)C23CC4CC(CC(C4)C2)C3)cc1. The first kappa shape index (κ1) is 18.0. The summed E-state index contributed by atoms with van der Waals surface area (Å²) in [7, 11) is 0. The smallest absolute Gasteiger partial charge is 0.307 e. The molecule has 0 heterocycles. The zero-order valence-electron chi connectivity index (χ0n) is 15.6. The lowest BCUT2D eigenvalue weighted by Crippen LogP contribution is -2.53. The van der Waals surface area contributed by atoms with Crippen molar-refractivity contribution in [2.45, 2.75) is 51.6 Å². The van der Waals surface area contributed by atoms with Gasteiger partial charge in [0, 0.05) is 12.0 Å². The molecule has 1 aromatic carbocycles. The number of esters is 1. The Morgan fingerprint density at radius 2 is 1.67 bits per heavy atom. The van der Waals surface area contributed by atoms with Crippen LogP contribution in [0.15, 0.2) is 24.3 Å². The van der Waals surface area contributed by atoms with Gasteiger partial charge in [-0.15, -0.1) is 0 Å². The number of hydrogen-bond donors (Lipinski definition) is 1. The van der Waals surface area contributed by atoms with Gasteiger partial charge in [-0.25, -0.2) is 0 Å². The van der Waals surface area contributed by atoms with E-state index in [4.69, 9.17) is 10.00 Å². The van der Waals surface area contributed by atoms with Gasteiger partial charge in [0.25, 0.3) is 0 Å². The molecule has 1 aromatic rings. The second-order valence-corrected chi connectivity index (χ2v) is 8.67. The highest BCUT2D eigenvalue weighted by Crippen LogP contribution is 2.60. The van der Waals surface area contributed by atoms with Crippen LogP contribution in [-0.2, 0) is 20.9 Å². The van der Waals surface area contributed by atoms with Gasteiger partial charge >= 0.3 is 5.97 Å². The molecule has 4 fully saturated rings. The fourth-order valence-electron chi connectivity index (χ4n) is 5.77. The van der Waals surface area contributed by atoms with Gasteiger partial charge in [-0.3, -0.25) is 9.59 Å². The van der Waals surface area contributed by atoms with Gasteiger partial charge in [0.05, 0.1) is 18.1 Å². The molecule has 4 saturated carbocycles. The van der Waals surface area contributed by atoms with Gasteiger partial charge in [0.2, 0.25) is 5.91 Å². The van der Waals surface area contributed by atoms with E-state index in [1.54, 1.807) is 24.3 Å². The Balaban J connectivity index is 1.21. The number of amides is 1. The Kier molecular flexibility index (Phi) is 4.90. The maximum atomic E-state index is 12.8. The molecule has 0 aliphatic heterocycles. The minimum Gasteiger partial charge on any atom is -0.461 e. The molecule has 4 bridgehead atoms. The lowest BCUT2D eigenvalue weighted by Gasteiger charge is -2.55. The van der Waals surface area contributed by atoms with E-state index in [9.17, 15) is 9.59 Å². The summed E-state index contributed by atoms with van der Waals surface area (Å²) in [5, 5.41) is 11.8. The van der Waals surface area contributed by atoms with Crippen molar-refractivity contribution in [1.82, 2.24) is 5.32 Å². The average molecular weight is 366 g/mol. The third-order valence-corrected chi connectivity index (χ3v) is 6.62. The highest BCUT2D eigenvalue weighted by atomic mass is 16.5. The fraction of sp³-hybridized carbons (Fsp3) is 0.591. The largest absolute Gasteiger partial charge is 0.461 e. The lowest BCUT2D eigenvalue weighted by molar-refractivity contribution is -0.147. The summed E-state index contributed by atoms with van der Waals surface area (Å²) in [5.41, 5.74) is 1.26. The number of nitrogens with one attached hydrogen (secondary N) is 1. The summed E-state index contributed by atoms with van der Waals surface area (Å²) >= 11 is 0. The number of benzene rings is 1. The number of carbonyl (C=O) groups is 2. The maximum absolute atomic E-state index is 12.8. The van der Waals surface area contributed by atoms with Crippen LogP contribution in [-0.4, -0.2) is 18.4 Å². The molecule has 0 unspecified atom stereocenters. The van der Waals surface area contributed by atoms with Crippen LogP contribution < -0.4 is 5.32 Å². The molecule has 1 N–H and O–H groups in total. The number of nitrogens with zero attached hydrogens (tertiary/aromatic N) is 1. The zero-order chi connectivity index (χ0) is 18.9. The molecule has 5 heteroatoms. The number of carbonyl (C=O) groups excluding carboxylic acids is 2. The third-order valence-electron chi connectivity index (χ3n) is 6.62. The van der Waals surface area contributed by atoms with Crippen molar-refractivity contribution in [1.29, 1.82) is 5.26 Å². The number of ether oxygens (including phenoxy) is 1. The predicted molar refractivity (Wildman–Crippen MR) is 99.2 cm³/mol. The highest BCUT2D eigenvalue weighted by Gasteiger charge is 2.54. The molecule has 0 atom stereocenters. The van der Waals surface area contributed by atoms with Crippen LogP contribution in [0.25, 0.3) is 0 Å². The van der Waals surface area contributed by atoms with E-state index in [2.05, 4.69) is 11.4 Å². The zero-order valence-corrected chi connectivity index (χ0v) is 15.6. The molecule has 1 amide bonds. The molecule has 0 aromatic heterocycles. The average Bonchev–Trinajstić information content (AvgIpc) is 2.65. The van der Waals surface area contributed by atoms with Crippen molar-refractivity contribution >= 4 is 11.9 Å². The standard InChI is InChI=1S/C22H26N2O3/c23-13-15-1-3-16(4-2-15)14-27-20(25)5-6-24-21(26)22-10-17-7-18(11-22)9-19(8-17)12-22/h1-4,17-19H,5-12,14H2,(H,24,26). The normalized spacial score (nSPS) is 30.6. The lowest BCUT2D eigenvalue weighted by atomic mass is 9.49. The quantitative estimate of drug-likeness (QED) is 0.783. The Bertz CT molecular complexity index is 727. The van der Waals surface area contributed by atoms with Gasteiger partial charge in [-0.05, 0) is 74.0 Å². The highest BCUT2D eigenvalue weighted by molar-refractivity contribution is 5.83. The van der Waals surface area contributed by atoms with Crippen molar-refractivity contribution in [2.24, 2.45) is 23.2 Å². The summed E-state index contributed by atoms with van der Waals surface area (Å²) in [6, 6.07) is 9.02. The molecule has 27 heavy (non-hydrogen) atoms. The van der Waals surface area contributed by atoms with Gasteiger partial charge < -0.3 is 10.1 Å². The van der Waals surface area contributed by atoms with Crippen LogP contribution in [0.5, 0.6) is 0 Å². The molecule has 5 nitrogen and oxygen atoms in total. The van der Waals surface area contributed by atoms with Gasteiger partial charge in [-0.2, -0.15) is 5.26 Å². The Hall–Kier alpha value is -2.35. The Morgan fingerprint density at radius 1 is 1.07 bits per heavy atom. The molecule has 0 spiro atoms. The molecule has 5 rings (SSSR count). The Morgan fingerprint density at radius 3 is 2.22 bits per heavy atom. The first-order valence-corrected chi connectivity index (χ1v) is 9.99. The van der Waals surface area contributed by atoms with Crippen LogP contribution in [0.2, 0.25) is 0 Å². The van der Waals surface area contributed by atoms with E-state index in [0.717, 1.165) is 42.6 Å². The van der Waals surface area contributed by atoms with E-state index in [-0.39, 0.29) is 30.3 Å². The molecular formula is C22H26N2O3. The van der Waals surface area contributed by atoms with Crippen molar-refractivity contribution in [2.75, 3.05) is 6.54 Å². The molecule has 0 saturated heterocycles. The van der Waals surface area contributed by atoms with Gasteiger partial charge in [0.1, 0.15) is 6.61 Å². The van der Waals surface area contributed by atoms with Crippen molar-refractivity contribution < 1.29 is 14.3 Å². The minimum absolute atomic E-state index is 0.154. The van der Waals surface area contributed by atoms with Crippen LogP contribution in [0.1, 0.15) is 56.1 Å². The number of rotatable bonds is 6. The molecule has 4 aliphatic carbocycles. The number of nitriles is 1. The predicted octanol–water partition coefficient (Wildman–Crippen LogP) is 3.32. The van der Waals surface area contributed by atoms with E-state index in [1.165, 1.54) is 19.3 Å². The van der Waals surface area contributed by atoms with Gasteiger partial charge in [-0.1, -0.05) is 12.1 Å². The maximum Gasteiger partial charge on any atom is 0.307 e. The van der Waals surface area contributed by atoms with E-state index in [1.807, 2.05) is 0 Å². The molecular weight excluding hydrogens is 340 g/mol. The van der Waals surface area contributed by atoms with E-state index >= 15 is 0 Å². The van der Waals surface area contributed by atoms with E-state index in [0.29, 0.717) is 12.1 Å².